The Morgan fingerprint density at radius 2 is 1.62 bits per heavy atom. The Balaban J connectivity index is 1.86. The van der Waals surface area contributed by atoms with E-state index in [2.05, 4.69) is 5.32 Å². The SMILES string of the molecule is CNc1ccccc1C(=O)O[C@H](C(=O)N1CCCCC1)c1ccccc1. The van der Waals surface area contributed by atoms with E-state index in [0.717, 1.165) is 19.3 Å². The van der Waals surface area contributed by atoms with E-state index in [1.807, 2.05) is 36.4 Å². The lowest BCUT2D eigenvalue weighted by molar-refractivity contribution is -0.142. The van der Waals surface area contributed by atoms with Crippen LogP contribution < -0.4 is 5.32 Å². The highest BCUT2D eigenvalue weighted by Gasteiger charge is 2.31. The number of nitrogens with one attached hydrogen (secondary N) is 1. The van der Waals surface area contributed by atoms with Crippen LogP contribution in [0.25, 0.3) is 0 Å². The van der Waals surface area contributed by atoms with Gasteiger partial charge in [-0.05, 0) is 31.4 Å². The van der Waals surface area contributed by atoms with E-state index in [1.54, 1.807) is 30.1 Å². The largest absolute Gasteiger partial charge is 0.444 e. The zero-order valence-corrected chi connectivity index (χ0v) is 15.0. The summed E-state index contributed by atoms with van der Waals surface area (Å²) in [6, 6.07) is 16.3. The Morgan fingerprint density at radius 3 is 2.31 bits per heavy atom. The van der Waals surface area contributed by atoms with E-state index in [1.165, 1.54) is 0 Å². The minimum atomic E-state index is -0.924. The first-order chi connectivity index (χ1) is 12.7. The molecule has 0 radical (unpaired) electrons. The average Bonchev–Trinajstić information content (AvgIpc) is 2.72. The molecular formula is C21H24N2O3. The van der Waals surface area contributed by atoms with Crippen LogP contribution in [0.1, 0.15) is 41.3 Å². The lowest BCUT2D eigenvalue weighted by Gasteiger charge is -2.30. The molecule has 1 heterocycles. The topological polar surface area (TPSA) is 58.6 Å². The number of amides is 1. The van der Waals surface area contributed by atoms with E-state index in [-0.39, 0.29) is 5.91 Å². The Bertz CT molecular complexity index is 755. The number of rotatable bonds is 5. The summed E-state index contributed by atoms with van der Waals surface area (Å²) in [4.78, 5) is 27.6. The van der Waals surface area contributed by atoms with Gasteiger partial charge in [0.2, 0.25) is 6.10 Å². The number of nitrogens with zero attached hydrogens (tertiary/aromatic N) is 1. The molecule has 0 spiro atoms. The van der Waals surface area contributed by atoms with Crippen LogP contribution in [0.15, 0.2) is 54.6 Å². The molecule has 2 aromatic rings. The normalized spacial score (nSPS) is 15.2. The molecule has 1 atom stereocenters. The molecule has 0 aromatic heterocycles. The Hall–Kier alpha value is -2.82. The van der Waals surface area contributed by atoms with Crippen LogP contribution >= 0.6 is 0 Å². The molecule has 0 bridgehead atoms. The van der Waals surface area contributed by atoms with Gasteiger partial charge in [-0.3, -0.25) is 4.79 Å². The van der Waals surface area contributed by atoms with Gasteiger partial charge >= 0.3 is 5.97 Å². The predicted octanol–water partition coefficient (Wildman–Crippen LogP) is 3.64. The molecule has 3 rings (SSSR count). The molecular weight excluding hydrogens is 328 g/mol. The van der Waals surface area contributed by atoms with Gasteiger partial charge in [0.25, 0.3) is 5.91 Å². The van der Waals surface area contributed by atoms with Crippen LogP contribution in [-0.2, 0) is 9.53 Å². The predicted molar refractivity (Wildman–Crippen MR) is 101 cm³/mol. The summed E-state index contributed by atoms with van der Waals surface area (Å²) in [7, 11) is 1.75. The summed E-state index contributed by atoms with van der Waals surface area (Å²) in [6.45, 7) is 1.43. The standard InChI is InChI=1S/C21H24N2O3/c1-22-18-13-7-6-12-17(18)21(25)26-19(16-10-4-2-5-11-16)20(24)23-14-8-3-9-15-23/h2,4-7,10-13,19,22H,3,8-9,14-15H2,1H3/t19-/m0/s1. The zero-order valence-electron chi connectivity index (χ0n) is 15.0. The van der Waals surface area contributed by atoms with Gasteiger partial charge in [0.15, 0.2) is 0 Å². The molecule has 2 aromatic carbocycles. The number of anilines is 1. The Morgan fingerprint density at radius 1 is 0.962 bits per heavy atom. The van der Waals surface area contributed by atoms with Crippen LogP contribution in [0, 0.1) is 0 Å². The van der Waals surface area contributed by atoms with Gasteiger partial charge in [-0.25, -0.2) is 4.79 Å². The molecule has 0 unspecified atom stereocenters. The van der Waals surface area contributed by atoms with Crippen LogP contribution in [0.2, 0.25) is 0 Å². The first-order valence-electron chi connectivity index (χ1n) is 9.02. The van der Waals surface area contributed by atoms with Gasteiger partial charge in [-0.15, -0.1) is 0 Å². The minimum Gasteiger partial charge on any atom is -0.444 e. The first kappa shape index (κ1) is 18.0. The number of para-hydroxylation sites is 1. The van der Waals surface area contributed by atoms with E-state index in [9.17, 15) is 9.59 Å². The second kappa shape index (κ2) is 8.52. The van der Waals surface area contributed by atoms with Crippen LogP contribution in [0.4, 0.5) is 5.69 Å². The van der Waals surface area contributed by atoms with Gasteiger partial charge in [-0.2, -0.15) is 0 Å². The fraction of sp³-hybridized carbons (Fsp3) is 0.333. The number of ether oxygens (including phenoxy) is 1. The molecule has 1 fully saturated rings. The number of piperidine rings is 1. The lowest BCUT2D eigenvalue weighted by atomic mass is 10.1. The highest BCUT2D eigenvalue weighted by atomic mass is 16.5. The minimum absolute atomic E-state index is 0.147. The Kier molecular flexibility index (Phi) is 5.89. The third-order valence-electron chi connectivity index (χ3n) is 4.64. The van der Waals surface area contributed by atoms with Crippen molar-refractivity contribution in [3.63, 3.8) is 0 Å². The third kappa shape index (κ3) is 4.04. The third-order valence-corrected chi connectivity index (χ3v) is 4.64. The van der Waals surface area contributed by atoms with E-state index in [0.29, 0.717) is 29.9 Å². The monoisotopic (exact) mass is 352 g/mol. The van der Waals surface area contributed by atoms with Crippen molar-refractivity contribution >= 4 is 17.6 Å². The molecule has 0 aliphatic carbocycles. The molecule has 1 amide bonds. The van der Waals surface area contributed by atoms with Crippen molar-refractivity contribution in [1.29, 1.82) is 0 Å². The highest BCUT2D eigenvalue weighted by molar-refractivity contribution is 5.97. The average molecular weight is 352 g/mol. The van der Waals surface area contributed by atoms with Gasteiger partial charge in [-0.1, -0.05) is 42.5 Å². The molecule has 1 aliphatic rings. The van der Waals surface area contributed by atoms with E-state index in [4.69, 9.17) is 4.74 Å². The van der Waals surface area contributed by atoms with Crippen LogP contribution in [0.5, 0.6) is 0 Å². The smallest absolute Gasteiger partial charge is 0.341 e. The number of hydrogen-bond acceptors (Lipinski definition) is 4. The van der Waals surface area contributed by atoms with Crippen molar-refractivity contribution in [3.05, 3.63) is 65.7 Å². The van der Waals surface area contributed by atoms with Gasteiger partial charge in [0.05, 0.1) is 5.56 Å². The van der Waals surface area contributed by atoms with Crippen molar-refractivity contribution in [3.8, 4) is 0 Å². The second-order valence-corrected chi connectivity index (χ2v) is 6.38. The number of esters is 1. The maximum absolute atomic E-state index is 13.1. The molecule has 26 heavy (non-hydrogen) atoms. The summed E-state index contributed by atoms with van der Waals surface area (Å²) in [6.07, 6.45) is 2.19. The molecule has 5 nitrogen and oxygen atoms in total. The Labute approximate surface area is 154 Å². The number of hydrogen-bond donors (Lipinski definition) is 1. The van der Waals surface area contributed by atoms with E-state index >= 15 is 0 Å². The summed E-state index contributed by atoms with van der Waals surface area (Å²) in [5.41, 5.74) is 1.79. The summed E-state index contributed by atoms with van der Waals surface area (Å²) < 4.78 is 5.71. The van der Waals surface area contributed by atoms with Crippen molar-refractivity contribution in [1.82, 2.24) is 4.90 Å². The molecule has 1 aliphatic heterocycles. The number of carbonyl (C=O) groups is 2. The summed E-state index contributed by atoms with van der Waals surface area (Å²) >= 11 is 0. The summed E-state index contributed by atoms with van der Waals surface area (Å²) in [5.74, 6) is -0.652. The van der Waals surface area contributed by atoms with Gasteiger partial charge in [0, 0.05) is 31.4 Å². The molecule has 136 valence electrons. The van der Waals surface area contributed by atoms with Crippen molar-refractivity contribution in [2.45, 2.75) is 25.4 Å². The molecule has 5 heteroatoms. The summed E-state index contributed by atoms with van der Waals surface area (Å²) in [5, 5.41) is 2.99. The quantitative estimate of drug-likeness (QED) is 0.835. The maximum atomic E-state index is 13.1. The van der Waals surface area contributed by atoms with E-state index < -0.39 is 12.1 Å². The molecule has 1 saturated heterocycles. The van der Waals surface area contributed by atoms with Gasteiger partial charge < -0.3 is 15.0 Å². The molecule has 0 saturated carbocycles. The zero-order chi connectivity index (χ0) is 18.4. The first-order valence-corrected chi connectivity index (χ1v) is 9.02. The molecule has 1 N–H and O–H groups in total. The second-order valence-electron chi connectivity index (χ2n) is 6.38. The lowest BCUT2D eigenvalue weighted by Crippen LogP contribution is -2.40. The fourth-order valence-corrected chi connectivity index (χ4v) is 3.22. The maximum Gasteiger partial charge on any atom is 0.341 e. The van der Waals surface area contributed by atoms with Crippen molar-refractivity contribution in [2.24, 2.45) is 0 Å². The van der Waals surface area contributed by atoms with Crippen LogP contribution in [0.3, 0.4) is 0 Å². The van der Waals surface area contributed by atoms with Crippen molar-refractivity contribution < 1.29 is 14.3 Å². The van der Waals surface area contributed by atoms with Gasteiger partial charge in [0.1, 0.15) is 0 Å². The number of carbonyl (C=O) groups excluding carboxylic acids is 2. The number of benzene rings is 2. The van der Waals surface area contributed by atoms with Crippen molar-refractivity contribution in [2.75, 3.05) is 25.5 Å². The number of likely N-dealkylation sites (tertiary alicyclic amines) is 1. The highest BCUT2D eigenvalue weighted by Crippen LogP contribution is 2.25. The fourth-order valence-electron chi connectivity index (χ4n) is 3.22. The van der Waals surface area contributed by atoms with Crippen LogP contribution in [-0.4, -0.2) is 36.9 Å².